The molecule has 0 amide bonds. The Balaban J connectivity index is 2.18. The Bertz CT molecular complexity index is 673. The second-order valence-electron chi connectivity index (χ2n) is 4.82. The third-order valence-electron chi connectivity index (χ3n) is 3.35. The molecule has 98 valence electrons. The highest BCUT2D eigenvalue weighted by atomic mass is 32.1. The van der Waals surface area contributed by atoms with Crippen molar-refractivity contribution in [3.8, 4) is 0 Å². The van der Waals surface area contributed by atoms with Crippen molar-refractivity contribution in [3.63, 3.8) is 0 Å². The normalized spacial score (nSPS) is 17.7. The van der Waals surface area contributed by atoms with Crippen LogP contribution in [0.3, 0.4) is 0 Å². The maximum absolute atomic E-state index is 13.9. The lowest BCUT2D eigenvalue weighted by molar-refractivity contribution is 0.619. The lowest BCUT2D eigenvalue weighted by atomic mass is 9.96. The average molecular weight is 274 g/mol. The number of fused-ring (bicyclic) bond motifs is 1. The molecule has 0 spiro atoms. The Morgan fingerprint density at radius 3 is 2.68 bits per heavy atom. The Morgan fingerprint density at radius 1 is 1.21 bits per heavy atom. The molecule has 1 aliphatic rings. The molecule has 0 aliphatic carbocycles. The van der Waals surface area contributed by atoms with Crippen molar-refractivity contribution < 1.29 is 4.39 Å². The van der Waals surface area contributed by atoms with Crippen LogP contribution in [0.5, 0.6) is 0 Å². The molecule has 1 aliphatic heterocycles. The molecular formula is C15H15FN2S. The van der Waals surface area contributed by atoms with Gasteiger partial charge in [0.2, 0.25) is 0 Å². The van der Waals surface area contributed by atoms with Crippen LogP contribution in [0.25, 0.3) is 0 Å². The summed E-state index contributed by atoms with van der Waals surface area (Å²) >= 11 is 1.77. The van der Waals surface area contributed by atoms with Crippen molar-refractivity contribution in [1.29, 1.82) is 0 Å². The number of nitrogens with zero attached hydrogens (tertiary/aromatic N) is 1. The van der Waals surface area contributed by atoms with Crippen LogP contribution >= 0.6 is 11.3 Å². The molecule has 1 N–H and O–H groups in total. The molecule has 0 saturated heterocycles. The summed E-state index contributed by atoms with van der Waals surface area (Å²) in [6.45, 7) is 6.07. The van der Waals surface area contributed by atoms with Gasteiger partial charge in [-0.15, -0.1) is 11.3 Å². The number of aryl methyl sites for hydroxylation is 2. The highest BCUT2D eigenvalue weighted by Crippen LogP contribution is 2.38. The number of nitrogens with one attached hydrogen (secondary N) is 1. The first-order chi connectivity index (χ1) is 9.06. The van der Waals surface area contributed by atoms with E-state index in [9.17, 15) is 4.39 Å². The third-order valence-corrected chi connectivity index (χ3v) is 4.33. The van der Waals surface area contributed by atoms with Crippen molar-refractivity contribution in [2.75, 3.05) is 0 Å². The summed E-state index contributed by atoms with van der Waals surface area (Å²) in [5.41, 5.74) is 2.59. The van der Waals surface area contributed by atoms with E-state index in [1.807, 2.05) is 13.0 Å². The van der Waals surface area contributed by atoms with E-state index in [1.54, 1.807) is 17.4 Å². The lowest BCUT2D eigenvalue weighted by Gasteiger charge is -2.26. The number of para-hydroxylation sites is 1. The van der Waals surface area contributed by atoms with E-state index in [4.69, 9.17) is 0 Å². The van der Waals surface area contributed by atoms with Crippen molar-refractivity contribution in [2.24, 2.45) is 4.99 Å². The minimum Gasteiger partial charge on any atom is -0.363 e. The van der Waals surface area contributed by atoms with E-state index in [0.29, 0.717) is 5.69 Å². The minimum atomic E-state index is -0.257. The highest BCUT2D eigenvalue weighted by Gasteiger charge is 2.25. The monoisotopic (exact) mass is 274 g/mol. The van der Waals surface area contributed by atoms with Crippen LogP contribution in [0.4, 0.5) is 10.1 Å². The molecule has 1 aromatic carbocycles. The fourth-order valence-corrected chi connectivity index (χ4v) is 3.52. The molecule has 2 nitrogen and oxygen atoms in total. The van der Waals surface area contributed by atoms with Crippen LogP contribution in [0.2, 0.25) is 0 Å². The number of rotatable bonds is 1. The van der Waals surface area contributed by atoms with E-state index in [0.717, 1.165) is 11.4 Å². The van der Waals surface area contributed by atoms with Crippen LogP contribution in [-0.2, 0) is 0 Å². The van der Waals surface area contributed by atoms with Crippen molar-refractivity contribution in [3.05, 3.63) is 51.0 Å². The van der Waals surface area contributed by atoms with Gasteiger partial charge >= 0.3 is 0 Å². The molecule has 0 radical (unpaired) electrons. The second kappa shape index (κ2) is 4.46. The van der Waals surface area contributed by atoms with Gasteiger partial charge in [0.25, 0.3) is 0 Å². The number of amidine groups is 1. The molecule has 1 atom stereocenters. The Labute approximate surface area is 116 Å². The predicted octanol–water partition coefficient (Wildman–Crippen LogP) is 4.25. The number of hydrogen-bond acceptors (Lipinski definition) is 3. The molecule has 0 saturated carbocycles. The topological polar surface area (TPSA) is 24.4 Å². The quantitative estimate of drug-likeness (QED) is 0.826. The van der Waals surface area contributed by atoms with Crippen LogP contribution in [0.1, 0.15) is 33.8 Å². The standard InChI is InChI=1S/C15H15FN2S/c1-8-7-12(9(2)19-8)14-11-5-4-6-13(16)15(11)18-10(3)17-14/h4-7,14H,1-3H3,(H,17,18). The van der Waals surface area contributed by atoms with Crippen molar-refractivity contribution >= 4 is 22.9 Å². The molecule has 3 rings (SSSR count). The summed E-state index contributed by atoms with van der Waals surface area (Å²) in [5, 5.41) is 3.36. The number of thiophene rings is 1. The van der Waals surface area contributed by atoms with Gasteiger partial charge in [-0.25, -0.2) is 9.38 Å². The van der Waals surface area contributed by atoms with Crippen LogP contribution in [0.15, 0.2) is 29.3 Å². The fraction of sp³-hybridized carbons (Fsp3) is 0.267. The fourth-order valence-electron chi connectivity index (χ4n) is 2.55. The summed E-state index contributed by atoms with van der Waals surface area (Å²) in [5.74, 6) is 0.499. The second-order valence-corrected chi connectivity index (χ2v) is 6.28. The molecule has 1 unspecified atom stereocenters. The number of benzene rings is 1. The van der Waals surface area contributed by atoms with E-state index < -0.39 is 0 Å². The summed E-state index contributed by atoms with van der Waals surface area (Å²) in [4.78, 5) is 6.83. The molecule has 19 heavy (non-hydrogen) atoms. The molecule has 0 fully saturated rings. The lowest BCUT2D eigenvalue weighted by Crippen LogP contribution is -2.30. The summed E-state index contributed by atoms with van der Waals surface area (Å²) < 4.78 is 13.9. The summed E-state index contributed by atoms with van der Waals surface area (Å²) in [7, 11) is 0. The average Bonchev–Trinajstić information content (AvgIpc) is 2.69. The van der Waals surface area contributed by atoms with Gasteiger partial charge in [0.1, 0.15) is 11.5 Å². The number of halogens is 1. The first-order valence-corrected chi connectivity index (χ1v) is 7.05. The van der Waals surface area contributed by atoms with Gasteiger partial charge in [0, 0.05) is 15.3 Å². The largest absolute Gasteiger partial charge is 0.363 e. The van der Waals surface area contributed by atoms with Gasteiger partial charge in [-0.3, -0.25) is 0 Å². The van der Waals surface area contributed by atoms with Gasteiger partial charge in [-0.1, -0.05) is 12.1 Å². The zero-order valence-electron chi connectivity index (χ0n) is 11.1. The van der Waals surface area contributed by atoms with Crippen molar-refractivity contribution in [2.45, 2.75) is 26.8 Å². The molecule has 0 bridgehead atoms. The third kappa shape index (κ3) is 2.06. The molecule has 1 aromatic heterocycles. The van der Waals surface area contributed by atoms with Gasteiger partial charge in [0.05, 0.1) is 11.9 Å². The minimum absolute atomic E-state index is 0.00634. The number of hydrogen-bond donors (Lipinski definition) is 1. The van der Waals surface area contributed by atoms with E-state index in [1.165, 1.54) is 21.4 Å². The van der Waals surface area contributed by atoms with Gasteiger partial charge in [-0.2, -0.15) is 0 Å². The Kier molecular flexibility index (Phi) is 2.90. The SMILES string of the molecule is CC1=Nc2c(F)cccc2C(c2cc(C)sc2C)N1. The first kappa shape index (κ1) is 12.4. The predicted molar refractivity (Wildman–Crippen MR) is 77.9 cm³/mol. The maximum Gasteiger partial charge on any atom is 0.149 e. The molecular weight excluding hydrogens is 259 g/mol. The Hall–Kier alpha value is -1.68. The Morgan fingerprint density at radius 2 is 2.00 bits per heavy atom. The van der Waals surface area contributed by atoms with Crippen LogP contribution in [-0.4, -0.2) is 5.84 Å². The van der Waals surface area contributed by atoms with Crippen LogP contribution in [0, 0.1) is 19.7 Å². The number of aliphatic imine (C=N–C) groups is 1. The first-order valence-electron chi connectivity index (χ1n) is 6.23. The zero-order chi connectivity index (χ0) is 13.6. The smallest absolute Gasteiger partial charge is 0.149 e. The van der Waals surface area contributed by atoms with E-state index in [2.05, 4.69) is 30.2 Å². The maximum atomic E-state index is 13.9. The van der Waals surface area contributed by atoms with E-state index >= 15 is 0 Å². The molecule has 2 aromatic rings. The van der Waals surface area contributed by atoms with Crippen molar-refractivity contribution in [1.82, 2.24) is 5.32 Å². The van der Waals surface area contributed by atoms with Crippen LogP contribution < -0.4 is 5.32 Å². The van der Waals surface area contributed by atoms with E-state index in [-0.39, 0.29) is 11.9 Å². The molecule has 2 heterocycles. The van der Waals surface area contributed by atoms with Gasteiger partial charge in [-0.05, 0) is 38.5 Å². The van der Waals surface area contributed by atoms with Gasteiger partial charge < -0.3 is 5.32 Å². The van der Waals surface area contributed by atoms with Gasteiger partial charge in [0.15, 0.2) is 0 Å². The summed E-state index contributed by atoms with van der Waals surface area (Å²) in [6, 6.07) is 7.31. The molecule has 4 heteroatoms. The summed E-state index contributed by atoms with van der Waals surface area (Å²) in [6.07, 6.45) is 0. The highest BCUT2D eigenvalue weighted by molar-refractivity contribution is 7.12. The zero-order valence-corrected chi connectivity index (χ0v) is 11.9.